The second-order valence-corrected chi connectivity index (χ2v) is 5.42. The molecule has 1 rings (SSSR count). The maximum atomic E-state index is 5.65. The molecule has 1 saturated heterocycles. The Labute approximate surface area is 107 Å². The third kappa shape index (κ3) is 6.39. The van der Waals surface area contributed by atoms with E-state index >= 15 is 0 Å². The molecule has 1 aliphatic rings. The van der Waals surface area contributed by atoms with E-state index < -0.39 is 0 Å². The molecule has 1 aliphatic heterocycles. The van der Waals surface area contributed by atoms with Gasteiger partial charge < -0.3 is 10.1 Å². The minimum absolute atomic E-state index is 0.646. The average molecular weight is 242 g/mol. The molecule has 0 amide bonds. The van der Waals surface area contributed by atoms with Crippen LogP contribution in [0.25, 0.3) is 0 Å². The highest BCUT2D eigenvalue weighted by Crippen LogP contribution is 2.08. The van der Waals surface area contributed by atoms with Crippen LogP contribution in [0.3, 0.4) is 0 Å². The van der Waals surface area contributed by atoms with Crippen LogP contribution >= 0.6 is 0 Å². The summed E-state index contributed by atoms with van der Waals surface area (Å²) >= 11 is 0. The number of hydrogen-bond acceptors (Lipinski definition) is 3. The number of nitrogens with one attached hydrogen (secondary N) is 1. The predicted octanol–water partition coefficient (Wildman–Crippen LogP) is 2.12. The standard InChI is InChI=1S/C14H30N2O/c1-4-5-10-17-11-9-16-8-6-7-15-14(12-16)13(2)3/h13-15H,4-12H2,1-3H3. The van der Waals surface area contributed by atoms with Crippen molar-refractivity contribution in [3.05, 3.63) is 0 Å². The SMILES string of the molecule is CCCCOCCN1CCCNC(C(C)C)C1. The second-order valence-electron chi connectivity index (χ2n) is 5.42. The van der Waals surface area contributed by atoms with Crippen molar-refractivity contribution in [2.75, 3.05) is 39.4 Å². The zero-order valence-corrected chi connectivity index (χ0v) is 11.9. The van der Waals surface area contributed by atoms with Gasteiger partial charge in [-0.25, -0.2) is 0 Å². The first-order valence-corrected chi connectivity index (χ1v) is 7.27. The second kappa shape index (κ2) is 8.90. The minimum Gasteiger partial charge on any atom is -0.380 e. The van der Waals surface area contributed by atoms with Crippen LogP contribution in [0.1, 0.15) is 40.0 Å². The predicted molar refractivity (Wildman–Crippen MR) is 73.4 cm³/mol. The Bertz CT molecular complexity index is 185. The summed E-state index contributed by atoms with van der Waals surface area (Å²) in [6.07, 6.45) is 3.68. The fourth-order valence-electron chi connectivity index (χ4n) is 2.22. The third-order valence-corrected chi connectivity index (χ3v) is 3.51. The van der Waals surface area contributed by atoms with Crippen molar-refractivity contribution in [1.82, 2.24) is 10.2 Å². The Morgan fingerprint density at radius 1 is 1.35 bits per heavy atom. The molecule has 0 aliphatic carbocycles. The molecule has 0 radical (unpaired) electrons. The van der Waals surface area contributed by atoms with Crippen molar-refractivity contribution in [1.29, 1.82) is 0 Å². The number of nitrogens with zero attached hydrogens (tertiary/aromatic N) is 1. The lowest BCUT2D eigenvalue weighted by atomic mass is 10.0. The first-order valence-electron chi connectivity index (χ1n) is 7.27. The lowest BCUT2D eigenvalue weighted by molar-refractivity contribution is 0.0991. The molecule has 0 aromatic heterocycles. The monoisotopic (exact) mass is 242 g/mol. The van der Waals surface area contributed by atoms with E-state index in [1.165, 1.54) is 32.4 Å². The summed E-state index contributed by atoms with van der Waals surface area (Å²) in [4.78, 5) is 2.55. The first kappa shape index (κ1) is 14.9. The smallest absolute Gasteiger partial charge is 0.0593 e. The van der Waals surface area contributed by atoms with Crippen molar-refractivity contribution in [2.45, 2.75) is 46.1 Å². The molecule has 1 atom stereocenters. The Balaban J connectivity index is 2.17. The summed E-state index contributed by atoms with van der Waals surface area (Å²) in [5.41, 5.74) is 0. The van der Waals surface area contributed by atoms with E-state index in [0.29, 0.717) is 6.04 Å². The summed E-state index contributed by atoms with van der Waals surface area (Å²) in [5.74, 6) is 0.719. The summed E-state index contributed by atoms with van der Waals surface area (Å²) in [6, 6.07) is 0.646. The molecule has 0 aromatic rings. The van der Waals surface area contributed by atoms with Crippen LogP contribution in [0.15, 0.2) is 0 Å². The normalized spacial score (nSPS) is 22.9. The van der Waals surface area contributed by atoms with Gasteiger partial charge in [-0.3, -0.25) is 4.90 Å². The van der Waals surface area contributed by atoms with Crippen LogP contribution in [0.5, 0.6) is 0 Å². The van der Waals surface area contributed by atoms with Crippen LogP contribution in [0.2, 0.25) is 0 Å². The minimum atomic E-state index is 0.646. The molecule has 1 N–H and O–H groups in total. The molecular formula is C14H30N2O. The summed E-state index contributed by atoms with van der Waals surface area (Å²) in [7, 11) is 0. The highest BCUT2D eigenvalue weighted by atomic mass is 16.5. The van der Waals surface area contributed by atoms with E-state index in [4.69, 9.17) is 4.74 Å². The summed E-state index contributed by atoms with van der Waals surface area (Å²) in [6.45, 7) is 13.3. The van der Waals surface area contributed by atoms with Gasteiger partial charge in [-0.05, 0) is 31.8 Å². The molecule has 3 nitrogen and oxygen atoms in total. The topological polar surface area (TPSA) is 24.5 Å². The van der Waals surface area contributed by atoms with Crippen LogP contribution in [0.4, 0.5) is 0 Å². The molecule has 0 spiro atoms. The first-order chi connectivity index (χ1) is 8.24. The largest absolute Gasteiger partial charge is 0.380 e. The number of unbranched alkanes of at least 4 members (excludes halogenated alkanes) is 1. The quantitative estimate of drug-likeness (QED) is 0.692. The molecule has 0 bridgehead atoms. The number of ether oxygens (including phenoxy) is 1. The Morgan fingerprint density at radius 2 is 2.18 bits per heavy atom. The fraction of sp³-hybridized carbons (Fsp3) is 1.00. The van der Waals surface area contributed by atoms with Crippen molar-refractivity contribution < 1.29 is 4.74 Å². The molecule has 3 heteroatoms. The van der Waals surface area contributed by atoms with Gasteiger partial charge in [0.1, 0.15) is 0 Å². The number of hydrogen-bond donors (Lipinski definition) is 1. The molecular weight excluding hydrogens is 212 g/mol. The van der Waals surface area contributed by atoms with E-state index in [1.807, 2.05) is 0 Å². The van der Waals surface area contributed by atoms with Gasteiger partial charge in [-0.1, -0.05) is 27.2 Å². The van der Waals surface area contributed by atoms with E-state index in [9.17, 15) is 0 Å². The van der Waals surface area contributed by atoms with Crippen molar-refractivity contribution in [2.24, 2.45) is 5.92 Å². The van der Waals surface area contributed by atoms with Crippen LogP contribution in [-0.4, -0.2) is 50.3 Å². The van der Waals surface area contributed by atoms with Crippen LogP contribution in [0, 0.1) is 5.92 Å². The van der Waals surface area contributed by atoms with Crippen molar-refractivity contribution in [3.63, 3.8) is 0 Å². The Hall–Kier alpha value is -0.120. The van der Waals surface area contributed by atoms with Gasteiger partial charge >= 0.3 is 0 Å². The van der Waals surface area contributed by atoms with Crippen LogP contribution < -0.4 is 5.32 Å². The molecule has 0 aromatic carbocycles. The highest BCUT2D eigenvalue weighted by Gasteiger charge is 2.19. The zero-order chi connectivity index (χ0) is 12.5. The lowest BCUT2D eigenvalue weighted by Crippen LogP contribution is -2.42. The fourth-order valence-corrected chi connectivity index (χ4v) is 2.22. The van der Waals surface area contributed by atoms with Crippen molar-refractivity contribution in [3.8, 4) is 0 Å². The zero-order valence-electron chi connectivity index (χ0n) is 11.9. The maximum Gasteiger partial charge on any atom is 0.0593 e. The van der Waals surface area contributed by atoms with Gasteiger partial charge in [-0.15, -0.1) is 0 Å². The molecule has 102 valence electrons. The molecule has 1 unspecified atom stereocenters. The van der Waals surface area contributed by atoms with Crippen molar-refractivity contribution >= 4 is 0 Å². The Kier molecular flexibility index (Phi) is 7.82. The van der Waals surface area contributed by atoms with Gasteiger partial charge in [0.2, 0.25) is 0 Å². The van der Waals surface area contributed by atoms with E-state index in [2.05, 4.69) is 31.0 Å². The molecule has 17 heavy (non-hydrogen) atoms. The average Bonchev–Trinajstić information content (AvgIpc) is 2.54. The van der Waals surface area contributed by atoms with Crippen LogP contribution in [-0.2, 0) is 4.74 Å². The van der Waals surface area contributed by atoms with E-state index in [1.54, 1.807) is 0 Å². The van der Waals surface area contributed by atoms with Gasteiger partial charge in [0, 0.05) is 25.7 Å². The third-order valence-electron chi connectivity index (χ3n) is 3.51. The van der Waals surface area contributed by atoms with E-state index in [0.717, 1.165) is 32.2 Å². The van der Waals surface area contributed by atoms with Gasteiger partial charge in [0.15, 0.2) is 0 Å². The molecule has 1 fully saturated rings. The summed E-state index contributed by atoms with van der Waals surface area (Å²) < 4.78 is 5.65. The van der Waals surface area contributed by atoms with Gasteiger partial charge in [0.25, 0.3) is 0 Å². The maximum absolute atomic E-state index is 5.65. The highest BCUT2D eigenvalue weighted by molar-refractivity contribution is 4.78. The van der Waals surface area contributed by atoms with E-state index in [-0.39, 0.29) is 0 Å². The number of rotatable bonds is 7. The summed E-state index contributed by atoms with van der Waals surface area (Å²) in [5, 5.41) is 3.64. The van der Waals surface area contributed by atoms with Gasteiger partial charge in [-0.2, -0.15) is 0 Å². The lowest BCUT2D eigenvalue weighted by Gasteiger charge is -2.26. The molecule has 0 saturated carbocycles. The molecule has 1 heterocycles. The van der Waals surface area contributed by atoms with Gasteiger partial charge in [0.05, 0.1) is 6.61 Å². The Morgan fingerprint density at radius 3 is 2.88 bits per heavy atom.